The average molecular weight is 1140 g/mol. The Morgan fingerprint density at radius 1 is 0.389 bits per heavy atom. The second-order valence-corrected chi connectivity index (χ2v) is 15.2. The average Bonchev–Trinajstić information content (AvgIpc) is 3.33. The molecule has 8 aromatic rings. The van der Waals surface area contributed by atoms with Crippen molar-refractivity contribution in [1.82, 2.24) is 9.97 Å². The molecule has 0 saturated carbocycles. The SMILES string of the molecule is Cc1ccc(-c2ccc(C)cn2)nc1.O=C(/C=C(\[O-])C(F)(F)F)c1ccc2ccccc2c1.O=C(/C=C(\[O-])C(F)(F)F)c1ccc2ccccc2c1.O=C(/C=C(\[O-])C(F)(F)F)c1ccc2ccccc2c1.[Dy+3]. The molecule has 0 aliphatic heterocycles. The van der Waals surface area contributed by atoms with Crippen LogP contribution in [-0.2, 0) is 0 Å². The zero-order valence-corrected chi connectivity index (χ0v) is 39.4. The van der Waals surface area contributed by atoms with Crippen LogP contribution in [0, 0.1) is 52.0 Å². The number of nitrogens with zero attached hydrogens (tertiary/aromatic N) is 2. The number of fused-ring (bicyclic) bond motifs is 3. The van der Waals surface area contributed by atoms with Crippen molar-refractivity contribution in [3.8, 4) is 11.4 Å². The first-order valence-electron chi connectivity index (χ1n) is 20.7. The molecular formula is C54H36DyF9N2O6. The summed E-state index contributed by atoms with van der Waals surface area (Å²) < 4.78 is 108. The molecule has 8 rings (SSSR count). The van der Waals surface area contributed by atoms with Crippen LogP contribution < -0.4 is 15.3 Å². The van der Waals surface area contributed by atoms with Gasteiger partial charge in [0.15, 0.2) is 17.3 Å². The van der Waals surface area contributed by atoms with Crippen LogP contribution in [0.25, 0.3) is 43.7 Å². The Hall–Kier alpha value is -7.33. The van der Waals surface area contributed by atoms with Gasteiger partial charge in [-0.2, -0.15) is 39.5 Å². The van der Waals surface area contributed by atoms with Crippen molar-refractivity contribution in [2.45, 2.75) is 32.4 Å². The molecule has 18 heteroatoms. The summed E-state index contributed by atoms with van der Waals surface area (Å²) in [6.45, 7) is 4.05. The summed E-state index contributed by atoms with van der Waals surface area (Å²) in [5.41, 5.74) is 4.34. The molecule has 0 aliphatic rings. The Bertz CT molecular complexity index is 2950. The van der Waals surface area contributed by atoms with E-state index in [1.165, 1.54) is 47.5 Å². The normalized spacial score (nSPS) is 12.0. The molecule has 0 atom stereocenters. The molecule has 0 saturated heterocycles. The molecule has 0 fully saturated rings. The van der Waals surface area contributed by atoms with Crippen molar-refractivity contribution in [3.63, 3.8) is 0 Å². The van der Waals surface area contributed by atoms with Gasteiger partial charge in [0.05, 0.1) is 11.4 Å². The molecule has 0 bridgehead atoms. The fourth-order valence-electron chi connectivity index (χ4n) is 6.12. The van der Waals surface area contributed by atoms with Crippen LogP contribution >= 0.6 is 0 Å². The van der Waals surface area contributed by atoms with Crippen molar-refractivity contribution in [1.29, 1.82) is 0 Å². The van der Waals surface area contributed by atoms with E-state index >= 15 is 0 Å². The van der Waals surface area contributed by atoms with Crippen LogP contribution in [-0.4, -0.2) is 45.8 Å². The second kappa shape index (κ2) is 25.2. The summed E-state index contributed by atoms with van der Waals surface area (Å²) >= 11 is 0. The minimum Gasteiger partial charge on any atom is -0.869 e. The summed E-state index contributed by atoms with van der Waals surface area (Å²) in [6, 6.07) is 42.8. The van der Waals surface area contributed by atoms with Crippen LogP contribution in [0.4, 0.5) is 39.5 Å². The number of rotatable bonds is 7. The Labute approximate surface area is 435 Å². The molecule has 0 spiro atoms. The standard InChI is InChI=1S/3C14H9F3O2.C12H12N2.Dy/c3*15-14(16,17)13(19)8-12(18)11-6-5-9-3-1-2-4-10(9)7-11;1-9-3-5-11(13-7-9)12-6-4-10(2)8-14-12;/h3*1-8,19H;3-8H,1-2H3;/q;;;;+3/p-3/b3*13-8-;;. The molecule has 0 unspecified atom stereocenters. The molecule has 2 heterocycles. The van der Waals surface area contributed by atoms with Gasteiger partial charge >= 0.3 is 56.7 Å². The number of aromatic nitrogens is 2. The van der Waals surface area contributed by atoms with Crippen molar-refractivity contribution in [2.24, 2.45) is 0 Å². The van der Waals surface area contributed by atoms with E-state index in [0.717, 1.165) is 43.7 Å². The molecule has 0 amide bonds. The van der Waals surface area contributed by atoms with Crippen molar-refractivity contribution < 1.29 is 107 Å². The number of alkyl halides is 9. The minimum absolute atomic E-state index is 0. The fraction of sp³-hybridized carbons (Fsp3) is 0.0926. The Morgan fingerprint density at radius 3 is 0.861 bits per heavy atom. The third kappa shape index (κ3) is 16.9. The van der Waals surface area contributed by atoms with E-state index in [2.05, 4.69) is 9.97 Å². The molecule has 0 aliphatic carbocycles. The van der Waals surface area contributed by atoms with Crippen LogP contribution in [0.1, 0.15) is 42.2 Å². The Kier molecular flexibility index (Phi) is 20.0. The monoisotopic (exact) mass is 1140 g/mol. The zero-order chi connectivity index (χ0) is 52.1. The van der Waals surface area contributed by atoms with E-state index in [1.807, 2.05) is 86.9 Å². The number of aryl methyl sites for hydroxylation is 2. The van der Waals surface area contributed by atoms with E-state index < -0.39 is 53.2 Å². The maximum Gasteiger partial charge on any atom is 3.00 e. The van der Waals surface area contributed by atoms with Crippen LogP contribution in [0.15, 0.2) is 200 Å². The smallest absolute Gasteiger partial charge is 0.869 e. The molecule has 0 N–H and O–H groups in total. The quantitative estimate of drug-likeness (QED) is 0.0663. The number of allylic oxidation sites excluding steroid dienone is 6. The van der Waals surface area contributed by atoms with E-state index in [4.69, 9.17) is 0 Å². The third-order valence-electron chi connectivity index (χ3n) is 9.81. The van der Waals surface area contributed by atoms with Crippen molar-refractivity contribution in [3.05, 3.63) is 227 Å². The molecule has 1 radical (unpaired) electrons. The van der Waals surface area contributed by atoms with Gasteiger partial charge in [0.25, 0.3) is 0 Å². The maximum absolute atomic E-state index is 12.0. The van der Waals surface area contributed by atoms with Crippen molar-refractivity contribution in [2.75, 3.05) is 0 Å². The Balaban J connectivity index is 0.000000209. The van der Waals surface area contributed by atoms with Crippen LogP contribution in [0.2, 0.25) is 0 Å². The van der Waals surface area contributed by atoms with Gasteiger partial charge in [-0.1, -0.05) is 121 Å². The number of carbonyl (C=O) groups excluding carboxylic acids is 3. The van der Waals surface area contributed by atoms with Gasteiger partial charge in [-0.25, -0.2) is 0 Å². The first-order chi connectivity index (χ1) is 33.4. The second-order valence-electron chi connectivity index (χ2n) is 15.2. The molecule has 8 nitrogen and oxygen atoms in total. The van der Waals surface area contributed by atoms with Gasteiger partial charge in [0, 0.05) is 29.1 Å². The minimum atomic E-state index is -5.02. The summed E-state index contributed by atoms with van der Waals surface area (Å²) in [4.78, 5) is 43.3. The number of ketones is 3. The van der Waals surface area contributed by atoms with Gasteiger partial charge in [-0.3, -0.25) is 24.4 Å². The Morgan fingerprint density at radius 2 is 0.639 bits per heavy atom. The van der Waals surface area contributed by atoms with Gasteiger partial charge in [0.2, 0.25) is 0 Å². The molecule has 371 valence electrons. The number of hydrogen-bond donors (Lipinski definition) is 0. The predicted molar refractivity (Wildman–Crippen MR) is 244 cm³/mol. The first kappa shape index (κ1) is 57.3. The summed E-state index contributed by atoms with van der Waals surface area (Å²) in [6.07, 6.45) is -11.1. The summed E-state index contributed by atoms with van der Waals surface area (Å²) in [5, 5.41) is 36.9. The number of hydrogen-bond acceptors (Lipinski definition) is 8. The van der Waals surface area contributed by atoms with E-state index in [1.54, 1.807) is 54.6 Å². The van der Waals surface area contributed by atoms with Crippen LogP contribution in [0.5, 0.6) is 0 Å². The number of carbonyl (C=O) groups is 3. The molecular weight excluding hydrogens is 1110 g/mol. The van der Waals surface area contributed by atoms with E-state index in [-0.39, 0.29) is 73.1 Å². The van der Waals surface area contributed by atoms with Gasteiger partial charge < -0.3 is 15.3 Å². The first-order valence-corrected chi connectivity index (χ1v) is 20.7. The fourth-order valence-corrected chi connectivity index (χ4v) is 6.12. The number of pyridine rings is 2. The van der Waals surface area contributed by atoms with Crippen LogP contribution in [0.3, 0.4) is 0 Å². The van der Waals surface area contributed by atoms with Crippen molar-refractivity contribution >= 4 is 49.7 Å². The van der Waals surface area contributed by atoms with E-state index in [0.29, 0.717) is 0 Å². The topological polar surface area (TPSA) is 146 Å². The summed E-state index contributed by atoms with van der Waals surface area (Å²) in [7, 11) is 0. The molecule has 72 heavy (non-hydrogen) atoms. The molecule has 6 aromatic carbocycles. The largest absolute Gasteiger partial charge is 3.00 e. The van der Waals surface area contributed by atoms with Gasteiger partial charge in [0.1, 0.15) is 0 Å². The third-order valence-corrected chi connectivity index (χ3v) is 9.81. The van der Waals surface area contributed by atoms with E-state index in [9.17, 15) is 69.2 Å². The zero-order valence-electron chi connectivity index (χ0n) is 37.4. The maximum atomic E-state index is 12.0. The molecule has 2 aromatic heterocycles. The van der Waals surface area contributed by atoms with Gasteiger partial charge in [-0.05, 0) is 123 Å². The predicted octanol–water partition coefficient (Wildman–Crippen LogP) is 11.2. The number of benzene rings is 6. The number of halogens is 9. The van der Waals surface area contributed by atoms with Gasteiger partial charge in [-0.15, -0.1) is 0 Å². The summed E-state index contributed by atoms with van der Waals surface area (Å²) in [5.74, 6) is -9.30.